The maximum absolute atomic E-state index is 13.7. The zero-order valence-corrected chi connectivity index (χ0v) is 29.4. The van der Waals surface area contributed by atoms with Crippen molar-refractivity contribution in [3.05, 3.63) is 0 Å². The molecule has 0 aliphatic heterocycles. The number of nitrogens with two attached hydrogens (primary N) is 9. The Balaban J connectivity index is 6.20. The molecule has 5 amide bonds. The maximum Gasteiger partial charge on any atom is 0.326 e. The van der Waals surface area contributed by atoms with Crippen molar-refractivity contribution < 1.29 is 33.9 Å². The monoisotopic (exact) mass is 742 g/mol. The molecule has 0 aromatic rings. The van der Waals surface area contributed by atoms with Crippen LogP contribution >= 0.6 is 0 Å². The number of hydrogen-bond donors (Lipinski definition) is 14. The molecular formula is C29H58N16O7. The standard InChI is InChI=1S/C29H58N16O7/c30-12-2-1-7-17(42-22(47)16(31)6-3-13-39-27(33)34)23(48)43-18(8-4-14-40-28(35)36)24(49)44-19(9-5-15-41-29(37)38)25(50)45-20(26(51)52)10-11-21(32)46/h16-20H,1-15,30-31H2,(H2,32,46)(H,42,47)(H,43,48)(H,44,49)(H,45,50)(H,51,52)(H4,33,34,39)(H4,35,36,40)(H4,37,38,41)/t16-,17-,18-,19-,20-/m0/s1. The van der Waals surface area contributed by atoms with Crippen LogP contribution in [-0.4, -0.2) is 115 Å². The smallest absolute Gasteiger partial charge is 0.326 e. The van der Waals surface area contributed by atoms with Crippen LogP contribution in [0.15, 0.2) is 15.0 Å². The van der Waals surface area contributed by atoms with Gasteiger partial charge in [-0.15, -0.1) is 0 Å². The second-order valence-corrected chi connectivity index (χ2v) is 11.8. The molecule has 23 heteroatoms. The summed E-state index contributed by atoms with van der Waals surface area (Å²) in [4.78, 5) is 88.2. The molecule has 52 heavy (non-hydrogen) atoms. The number of carbonyl (C=O) groups excluding carboxylic acids is 5. The van der Waals surface area contributed by atoms with Gasteiger partial charge >= 0.3 is 5.97 Å². The van der Waals surface area contributed by atoms with Crippen molar-refractivity contribution >= 4 is 53.4 Å². The molecule has 0 spiro atoms. The summed E-state index contributed by atoms with van der Waals surface area (Å²) in [6.45, 7) is 0.750. The number of unbranched alkanes of at least 4 members (excludes halogenated alkanes) is 1. The van der Waals surface area contributed by atoms with Crippen molar-refractivity contribution in [3.63, 3.8) is 0 Å². The number of carboxylic acid groups (broad SMARTS) is 1. The van der Waals surface area contributed by atoms with E-state index in [-0.39, 0.29) is 88.9 Å². The van der Waals surface area contributed by atoms with Gasteiger partial charge in [-0.25, -0.2) is 4.79 Å². The van der Waals surface area contributed by atoms with Crippen molar-refractivity contribution in [2.45, 2.75) is 101 Å². The molecule has 0 saturated heterocycles. The Kier molecular flexibility index (Phi) is 23.6. The van der Waals surface area contributed by atoms with E-state index in [2.05, 4.69) is 36.2 Å². The quantitative estimate of drug-likeness (QED) is 0.0201. The summed E-state index contributed by atoms with van der Waals surface area (Å²) in [5, 5.41) is 19.7. The van der Waals surface area contributed by atoms with Crippen molar-refractivity contribution in [1.29, 1.82) is 0 Å². The Morgan fingerprint density at radius 2 is 0.865 bits per heavy atom. The SMILES string of the molecule is NCCCC[C@H](NC(=O)[C@@H](N)CCCN=C(N)N)C(=O)N[C@@H](CCCN=C(N)N)C(=O)N[C@@H](CCCN=C(N)N)C(=O)N[C@@H](CCC(N)=O)C(=O)O. The fourth-order valence-corrected chi connectivity index (χ4v) is 4.60. The van der Waals surface area contributed by atoms with Crippen LogP contribution in [-0.2, 0) is 28.8 Å². The van der Waals surface area contributed by atoms with Gasteiger partial charge in [0.25, 0.3) is 0 Å². The Morgan fingerprint density at radius 3 is 1.23 bits per heavy atom. The number of primary amides is 1. The second-order valence-electron chi connectivity index (χ2n) is 11.8. The van der Waals surface area contributed by atoms with E-state index in [0.29, 0.717) is 25.8 Å². The number of amides is 5. The fraction of sp³-hybridized carbons (Fsp3) is 0.690. The van der Waals surface area contributed by atoms with Crippen LogP contribution in [0.4, 0.5) is 0 Å². The predicted molar refractivity (Wildman–Crippen MR) is 194 cm³/mol. The topological polar surface area (TPSA) is 442 Å². The van der Waals surface area contributed by atoms with E-state index in [9.17, 15) is 33.9 Å². The summed E-state index contributed by atoms with van der Waals surface area (Å²) in [6, 6.07) is -6.21. The Hall–Kier alpha value is -5.45. The number of carboxylic acids is 1. The largest absolute Gasteiger partial charge is 0.480 e. The van der Waals surface area contributed by atoms with Gasteiger partial charge < -0.3 is 78.0 Å². The van der Waals surface area contributed by atoms with E-state index in [4.69, 9.17) is 51.6 Å². The first-order valence-corrected chi connectivity index (χ1v) is 16.8. The lowest BCUT2D eigenvalue weighted by Crippen LogP contribution is -2.58. The number of aliphatic imine (C=N–C) groups is 3. The van der Waals surface area contributed by atoms with Gasteiger partial charge in [0.05, 0.1) is 6.04 Å². The molecule has 23 nitrogen and oxygen atoms in total. The highest BCUT2D eigenvalue weighted by molar-refractivity contribution is 5.95. The van der Waals surface area contributed by atoms with Crippen molar-refractivity contribution in [1.82, 2.24) is 21.3 Å². The molecule has 0 unspecified atom stereocenters. The normalized spacial score (nSPS) is 13.5. The molecule has 296 valence electrons. The van der Waals surface area contributed by atoms with E-state index in [1.54, 1.807) is 0 Å². The second kappa shape index (κ2) is 26.4. The fourth-order valence-electron chi connectivity index (χ4n) is 4.60. The molecular weight excluding hydrogens is 684 g/mol. The van der Waals surface area contributed by atoms with Crippen molar-refractivity contribution in [2.75, 3.05) is 26.2 Å². The average Bonchev–Trinajstić information content (AvgIpc) is 3.06. The first-order chi connectivity index (χ1) is 24.5. The molecule has 0 saturated carbocycles. The zero-order chi connectivity index (χ0) is 39.6. The molecule has 23 N–H and O–H groups in total. The van der Waals surface area contributed by atoms with Gasteiger partial charge in [-0.05, 0) is 70.8 Å². The summed E-state index contributed by atoms with van der Waals surface area (Å²) >= 11 is 0. The van der Waals surface area contributed by atoms with Crippen molar-refractivity contribution in [3.8, 4) is 0 Å². The molecule has 0 aromatic carbocycles. The lowest BCUT2D eigenvalue weighted by Gasteiger charge is -2.26. The first-order valence-electron chi connectivity index (χ1n) is 16.8. The van der Waals surface area contributed by atoms with Crippen LogP contribution in [0.1, 0.15) is 70.6 Å². The number of hydrogen-bond acceptors (Lipinski definition) is 11. The molecule has 0 heterocycles. The van der Waals surface area contributed by atoms with Gasteiger partial charge in [0.15, 0.2) is 17.9 Å². The predicted octanol–water partition coefficient (Wildman–Crippen LogP) is -6.11. The van der Waals surface area contributed by atoms with E-state index < -0.39 is 65.7 Å². The zero-order valence-electron chi connectivity index (χ0n) is 29.4. The number of carbonyl (C=O) groups is 6. The Labute approximate surface area is 302 Å². The molecule has 5 atom stereocenters. The lowest BCUT2D eigenvalue weighted by atomic mass is 10.0. The van der Waals surface area contributed by atoms with Crippen LogP contribution in [0, 0.1) is 0 Å². The van der Waals surface area contributed by atoms with Crippen LogP contribution < -0.4 is 72.9 Å². The lowest BCUT2D eigenvalue weighted by molar-refractivity contribution is -0.142. The summed E-state index contributed by atoms with van der Waals surface area (Å²) in [7, 11) is 0. The molecule has 0 rings (SSSR count). The number of rotatable bonds is 28. The molecule has 0 aliphatic carbocycles. The van der Waals surface area contributed by atoms with Gasteiger partial charge in [-0.1, -0.05) is 0 Å². The third-order valence-corrected chi connectivity index (χ3v) is 7.33. The van der Waals surface area contributed by atoms with Gasteiger partial charge in [0, 0.05) is 26.1 Å². The molecule has 0 aliphatic rings. The summed E-state index contributed by atoms with van der Waals surface area (Å²) in [5.74, 6) is -5.73. The number of nitrogens with one attached hydrogen (secondary N) is 4. The van der Waals surface area contributed by atoms with Crippen LogP contribution in [0.3, 0.4) is 0 Å². The molecule has 0 radical (unpaired) electrons. The number of nitrogens with zero attached hydrogens (tertiary/aromatic N) is 3. The first kappa shape index (κ1) is 46.5. The molecule has 0 bridgehead atoms. The molecule has 0 aromatic heterocycles. The third kappa shape index (κ3) is 22.3. The minimum absolute atomic E-state index is 0.0131. The molecule has 0 fully saturated rings. The van der Waals surface area contributed by atoms with Gasteiger partial charge in [0.2, 0.25) is 29.5 Å². The maximum atomic E-state index is 13.7. The number of guanidine groups is 3. The van der Waals surface area contributed by atoms with E-state index in [1.807, 2.05) is 0 Å². The van der Waals surface area contributed by atoms with E-state index >= 15 is 0 Å². The van der Waals surface area contributed by atoms with E-state index in [1.165, 1.54) is 0 Å². The van der Waals surface area contributed by atoms with Crippen LogP contribution in [0.25, 0.3) is 0 Å². The Bertz CT molecular complexity index is 1250. The van der Waals surface area contributed by atoms with Crippen molar-refractivity contribution in [2.24, 2.45) is 66.6 Å². The summed E-state index contributed by atoms with van der Waals surface area (Å²) < 4.78 is 0. The Morgan fingerprint density at radius 1 is 0.500 bits per heavy atom. The average molecular weight is 743 g/mol. The summed E-state index contributed by atoms with van der Waals surface area (Å²) in [6.07, 6.45) is 1.46. The highest BCUT2D eigenvalue weighted by Crippen LogP contribution is 2.08. The summed E-state index contributed by atoms with van der Waals surface area (Å²) in [5.41, 5.74) is 49.0. The minimum atomic E-state index is -1.50. The van der Waals surface area contributed by atoms with Gasteiger partial charge in [-0.2, -0.15) is 0 Å². The van der Waals surface area contributed by atoms with Gasteiger partial charge in [-0.3, -0.25) is 38.9 Å². The number of aliphatic carboxylic acids is 1. The highest BCUT2D eigenvalue weighted by Gasteiger charge is 2.31. The van der Waals surface area contributed by atoms with Crippen LogP contribution in [0.5, 0.6) is 0 Å². The van der Waals surface area contributed by atoms with Crippen LogP contribution in [0.2, 0.25) is 0 Å². The third-order valence-electron chi connectivity index (χ3n) is 7.33. The van der Waals surface area contributed by atoms with Gasteiger partial charge in [0.1, 0.15) is 24.2 Å². The highest BCUT2D eigenvalue weighted by atomic mass is 16.4. The minimum Gasteiger partial charge on any atom is -0.480 e. The van der Waals surface area contributed by atoms with E-state index in [0.717, 1.165) is 0 Å².